The first-order chi connectivity index (χ1) is 9.53. The standard InChI is InChI=1S/C13H13N3O3S/c17-13(14-10-5-6-20(18,19)8-10)12-7-9-3-1-2-4-11(9)15-16-12/h1-4,7,10H,5-6,8H2,(H,14,17). The number of benzene rings is 1. The summed E-state index contributed by atoms with van der Waals surface area (Å²) in [6.45, 7) is 0. The Morgan fingerprint density at radius 2 is 2.05 bits per heavy atom. The molecule has 0 saturated carbocycles. The van der Waals surface area contributed by atoms with Gasteiger partial charge in [0.25, 0.3) is 5.91 Å². The molecular weight excluding hydrogens is 278 g/mol. The van der Waals surface area contributed by atoms with Crippen molar-refractivity contribution in [1.29, 1.82) is 0 Å². The van der Waals surface area contributed by atoms with Gasteiger partial charge in [-0.15, -0.1) is 10.2 Å². The summed E-state index contributed by atoms with van der Waals surface area (Å²) in [4.78, 5) is 12.0. The summed E-state index contributed by atoms with van der Waals surface area (Å²) in [6, 6.07) is 8.69. The molecule has 3 rings (SSSR count). The lowest BCUT2D eigenvalue weighted by atomic mass is 10.2. The number of carbonyl (C=O) groups excluding carboxylic acids is 1. The maximum atomic E-state index is 12.0. The summed E-state index contributed by atoms with van der Waals surface area (Å²) in [5, 5.41) is 11.4. The van der Waals surface area contributed by atoms with Crippen molar-refractivity contribution in [3.63, 3.8) is 0 Å². The van der Waals surface area contributed by atoms with E-state index in [2.05, 4.69) is 15.5 Å². The van der Waals surface area contributed by atoms with Crippen LogP contribution in [0, 0.1) is 0 Å². The number of nitrogens with zero attached hydrogens (tertiary/aromatic N) is 2. The molecule has 1 fully saturated rings. The van der Waals surface area contributed by atoms with Gasteiger partial charge in [-0.25, -0.2) is 8.42 Å². The summed E-state index contributed by atoms with van der Waals surface area (Å²) in [7, 11) is -3.01. The van der Waals surface area contributed by atoms with E-state index in [9.17, 15) is 13.2 Å². The lowest BCUT2D eigenvalue weighted by Gasteiger charge is -2.10. The Kier molecular flexibility index (Phi) is 3.13. The first-order valence-electron chi connectivity index (χ1n) is 6.27. The van der Waals surface area contributed by atoms with Crippen molar-refractivity contribution in [1.82, 2.24) is 15.5 Å². The zero-order chi connectivity index (χ0) is 14.2. The van der Waals surface area contributed by atoms with Crippen LogP contribution in [0.1, 0.15) is 16.9 Å². The Hall–Kier alpha value is -2.02. The summed E-state index contributed by atoms with van der Waals surface area (Å²) < 4.78 is 22.7. The SMILES string of the molecule is O=C(NC1CCS(=O)(=O)C1)c1cc2ccccc2nn1. The lowest BCUT2D eigenvalue weighted by molar-refractivity contribution is 0.0935. The Bertz CT molecular complexity index is 773. The number of aromatic nitrogens is 2. The summed E-state index contributed by atoms with van der Waals surface area (Å²) in [5.74, 6) is -0.258. The van der Waals surface area contributed by atoms with Gasteiger partial charge < -0.3 is 5.32 Å². The monoisotopic (exact) mass is 291 g/mol. The van der Waals surface area contributed by atoms with Crippen LogP contribution in [0.15, 0.2) is 30.3 Å². The minimum Gasteiger partial charge on any atom is -0.347 e. The number of nitrogens with one attached hydrogen (secondary N) is 1. The fourth-order valence-electron chi connectivity index (χ4n) is 2.26. The largest absolute Gasteiger partial charge is 0.347 e. The van der Waals surface area contributed by atoms with Gasteiger partial charge in [-0.3, -0.25) is 4.79 Å². The maximum Gasteiger partial charge on any atom is 0.272 e. The van der Waals surface area contributed by atoms with Crippen LogP contribution in [0.3, 0.4) is 0 Å². The van der Waals surface area contributed by atoms with E-state index in [1.165, 1.54) is 0 Å². The number of rotatable bonds is 2. The molecule has 1 unspecified atom stereocenters. The summed E-state index contributed by atoms with van der Waals surface area (Å²) >= 11 is 0. The van der Waals surface area contributed by atoms with E-state index in [0.29, 0.717) is 11.9 Å². The zero-order valence-electron chi connectivity index (χ0n) is 10.6. The molecule has 1 atom stereocenters. The molecule has 20 heavy (non-hydrogen) atoms. The Balaban J connectivity index is 1.79. The predicted molar refractivity (Wildman–Crippen MR) is 74.1 cm³/mol. The molecule has 1 N–H and O–H groups in total. The normalized spacial score (nSPS) is 20.9. The summed E-state index contributed by atoms with van der Waals surface area (Å²) in [6.07, 6.45) is 0.453. The Morgan fingerprint density at radius 1 is 1.25 bits per heavy atom. The molecule has 2 heterocycles. The van der Waals surface area contributed by atoms with Gasteiger partial charge in [0, 0.05) is 11.4 Å². The van der Waals surface area contributed by atoms with E-state index in [1.54, 1.807) is 6.07 Å². The van der Waals surface area contributed by atoms with Gasteiger partial charge in [0.05, 0.1) is 17.0 Å². The molecular formula is C13H13N3O3S. The molecule has 1 aliphatic heterocycles. The fourth-order valence-corrected chi connectivity index (χ4v) is 3.94. The topological polar surface area (TPSA) is 89.0 Å². The number of carbonyl (C=O) groups is 1. The van der Waals surface area contributed by atoms with Crippen molar-refractivity contribution in [2.45, 2.75) is 12.5 Å². The molecule has 2 aromatic rings. The van der Waals surface area contributed by atoms with E-state index in [0.717, 1.165) is 5.39 Å². The molecule has 1 aliphatic rings. The number of hydrogen-bond donors (Lipinski definition) is 1. The predicted octanol–water partition coefficient (Wildman–Crippen LogP) is 0.547. The van der Waals surface area contributed by atoms with Crippen LogP contribution >= 0.6 is 0 Å². The smallest absolute Gasteiger partial charge is 0.272 e. The van der Waals surface area contributed by atoms with Crippen LogP contribution in [0.5, 0.6) is 0 Å². The molecule has 104 valence electrons. The van der Waals surface area contributed by atoms with E-state index >= 15 is 0 Å². The average molecular weight is 291 g/mol. The maximum absolute atomic E-state index is 12.0. The van der Waals surface area contributed by atoms with Gasteiger partial charge in [-0.05, 0) is 18.6 Å². The molecule has 1 aromatic heterocycles. The highest BCUT2D eigenvalue weighted by Crippen LogP contribution is 2.13. The molecule has 0 radical (unpaired) electrons. The molecule has 6 nitrogen and oxygen atoms in total. The minimum atomic E-state index is -3.01. The minimum absolute atomic E-state index is 0.000248. The van der Waals surface area contributed by atoms with Crippen LogP contribution in [0.4, 0.5) is 0 Å². The van der Waals surface area contributed by atoms with Gasteiger partial charge in [-0.1, -0.05) is 18.2 Å². The van der Waals surface area contributed by atoms with Gasteiger partial charge in [0.2, 0.25) is 0 Å². The highest BCUT2D eigenvalue weighted by molar-refractivity contribution is 7.91. The van der Waals surface area contributed by atoms with Gasteiger partial charge in [0.15, 0.2) is 15.5 Å². The highest BCUT2D eigenvalue weighted by Gasteiger charge is 2.29. The molecule has 1 saturated heterocycles. The first-order valence-corrected chi connectivity index (χ1v) is 8.09. The number of fused-ring (bicyclic) bond motifs is 1. The van der Waals surface area contributed by atoms with Gasteiger partial charge in [0.1, 0.15) is 0 Å². The number of amides is 1. The van der Waals surface area contributed by atoms with Crippen molar-refractivity contribution in [3.8, 4) is 0 Å². The number of sulfone groups is 1. The fraction of sp³-hybridized carbons (Fsp3) is 0.308. The molecule has 1 aromatic carbocycles. The molecule has 0 aliphatic carbocycles. The van der Waals surface area contributed by atoms with Crippen LogP contribution in [-0.2, 0) is 9.84 Å². The Morgan fingerprint density at radius 3 is 2.80 bits per heavy atom. The van der Waals surface area contributed by atoms with Gasteiger partial charge >= 0.3 is 0 Å². The molecule has 0 spiro atoms. The highest BCUT2D eigenvalue weighted by atomic mass is 32.2. The van der Waals surface area contributed by atoms with E-state index in [4.69, 9.17) is 0 Å². The molecule has 0 bridgehead atoms. The van der Waals surface area contributed by atoms with Crippen molar-refractivity contribution < 1.29 is 13.2 Å². The molecule has 1 amide bonds. The van der Waals surface area contributed by atoms with Gasteiger partial charge in [-0.2, -0.15) is 0 Å². The second kappa shape index (κ2) is 4.82. The van der Waals surface area contributed by atoms with E-state index in [-0.39, 0.29) is 29.1 Å². The van der Waals surface area contributed by atoms with Crippen LogP contribution in [-0.4, -0.2) is 42.1 Å². The van der Waals surface area contributed by atoms with Crippen molar-refractivity contribution in [3.05, 3.63) is 36.0 Å². The van der Waals surface area contributed by atoms with Crippen LogP contribution < -0.4 is 5.32 Å². The number of hydrogen-bond acceptors (Lipinski definition) is 5. The van der Waals surface area contributed by atoms with Crippen LogP contribution in [0.2, 0.25) is 0 Å². The summed E-state index contributed by atoms with van der Waals surface area (Å²) in [5.41, 5.74) is 0.917. The van der Waals surface area contributed by atoms with Crippen molar-refractivity contribution >= 4 is 26.6 Å². The van der Waals surface area contributed by atoms with Crippen molar-refractivity contribution in [2.75, 3.05) is 11.5 Å². The second-order valence-electron chi connectivity index (χ2n) is 4.86. The lowest BCUT2D eigenvalue weighted by Crippen LogP contribution is -2.36. The van der Waals surface area contributed by atoms with E-state index in [1.807, 2.05) is 24.3 Å². The third kappa shape index (κ3) is 2.62. The second-order valence-corrected chi connectivity index (χ2v) is 7.09. The Labute approximate surface area is 116 Å². The quantitative estimate of drug-likeness (QED) is 0.872. The first kappa shape index (κ1) is 13.0. The molecule has 7 heteroatoms. The third-order valence-corrected chi connectivity index (χ3v) is 5.06. The average Bonchev–Trinajstić information content (AvgIpc) is 2.77. The third-order valence-electron chi connectivity index (χ3n) is 3.29. The van der Waals surface area contributed by atoms with E-state index < -0.39 is 9.84 Å². The zero-order valence-corrected chi connectivity index (χ0v) is 11.4. The van der Waals surface area contributed by atoms with Crippen molar-refractivity contribution in [2.24, 2.45) is 0 Å². The van der Waals surface area contributed by atoms with Crippen LogP contribution in [0.25, 0.3) is 10.9 Å².